The topological polar surface area (TPSA) is 151 Å². The minimum atomic E-state index is -0.548. The van der Waals surface area contributed by atoms with Crippen molar-refractivity contribution in [3.8, 4) is 34.4 Å². The highest BCUT2D eigenvalue weighted by molar-refractivity contribution is 7.17. The van der Waals surface area contributed by atoms with Gasteiger partial charge in [-0.1, -0.05) is 30.3 Å². The van der Waals surface area contributed by atoms with Crippen molar-refractivity contribution >= 4 is 38.7 Å². The molecule has 34 heavy (non-hydrogen) atoms. The monoisotopic (exact) mass is 464 g/mol. The van der Waals surface area contributed by atoms with Crippen LogP contribution >= 0.6 is 11.3 Å². The summed E-state index contributed by atoms with van der Waals surface area (Å²) in [7, 11) is 0. The van der Waals surface area contributed by atoms with E-state index in [2.05, 4.69) is 11.1 Å². The van der Waals surface area contributed by atoms with E-state index < -0.39 is 10.5 Å². The van der Waals surface area contributed by atoms with E-state index in [0.29, 0.717) is 21.3 Å². The van der Waals surface area contributed by atoms with E-state index in [1.54, 1.807) is 0 Å². The Labute approximate surface area is 195 Å². The zero-order chi connectivity index (χ0) is 24.0. The largest absolute Gasteiger partial charge is 0.384 e. The summed E-state index contributed by atoms with van der Waals surface area (Å²) in [4.78, 5) is 28.3. The first-order valence-electron chi connectivity index (χ1n) is 9.86. The van der Waals surface area contributed by atoms with Crippen LogP contribution in [0.5, 0.6) is 0 Å². The maximum Gasteiger partial charge on any atom is 0.282 e. The fourth-order valence-corrected chi connectivity index (χ4v) is 5.06. The van der Waals surface area contributed by atoms with Gasteiger partial charge in [0, 0.05) is 28.6 Å². The number of thiophene rings is 1. The number of nitrogens with two attached hydrogens (primary N) is 1. The molecule has 162 valence electrons. The van der Waals surface area contributed by atoms with Gasteiger partial charge >= 0.3 is 0 Å². The van der Waals surface area contributed by atoms with Crippen LogP contribution in [0.25, 0.3) is 38.1 Å². The lowest BCUT2D eigenvalue weighted by atomic mass is 9.95. The number of pyridine rings is 1. The van der Waals surface area contributed by atoms with Gasteiger partial charge in [0.1, 0.15) is 33.9 Å². The molecular formula is C24H12N6O3S. The van der Waals surface area contributed by atoms with Gasteiger partial charge < -0.3 is 5.73 Å². The van der Waals surface area contributed by atoms with Gasteiger partial charge in [0.15, 0.2) is 5.65 Å². The number of nitriles is 2. The molecule has 0 amide bonds. The standard InChI is InChI=1S/C24H12N6O3S/c25-10-16-19(14-6-8-15(9-7-14)30(32)33)17(11-26)22-28-23(31)20-18(13-4-2-1-3-5-13)12-34-24(20)29(22)21(16)27/h1-9,12H,27H2. The number of fused-ring (bicyclic) bond motifs is 3. The molecule has 0 spiro atoms. The number of rotatable bonds is 3. The molecule has 5 rings (SSSR count). The third-order valence-electron chi connectivity index (χ3n) is 5.50. The fraction of sp³-hybridized carbons (Fsp3) is 0. The summed E-state index contributed by atoms with van der Waals surface area (Å²) in [6.07, 6.45) is 0. The first kappa shape index (κ1) is 20.8. The number of benzene rings is 2. The lowest BCUT2D eigenvalue weighted by Gasteiger charge is -2.15. The summed E-state index contributed by atoms with van der Waals surface area (Å²) in [6.45, 7) is 0. The predicted molar refractivity (Wildman–Crippen MR) is 128 cm³/mol. The van der Waals surface area contributed by atoms with Crippen LogP contribution in [-0.4, -0.2) is 14.3 Å². The van der Waals surface area contributed by atoms with Gasteiger partial charge in [0.05, 0.1) is 10.3 Å². The quantitative estimate of drug-likeness (QED) is 0.305. The van der Waals surface area contributed by atoms with Crippen LogP contribution in [0.2, 0.25) is 0 Å². The third-order valence-corrected chi connectivity index (χ3v) is 6.47. The number of hydrogen-bond donors (Lipinski definition) is 1. The van der Waals surface area contributed by atoms with Gasteiger partial charge in [-0.05, 0) is 23.3 Å². The number of aromatic nitrogens is 2. The van der Waals surface area contributed by atoms with Crippen LogP contribution in [0.15, 0.2) is 64.8 Å². The fourth-order valence-electron chi connectivity index (χ4n) is 3.97. The maximum atomic E-state index is 13.1. The summed E-state index contributed by atoms with van der Waals surface area (Å²) < 4.78 is 1.46. The smallest absolute Gasteiger partial charge is 0.282 e. The Morgan fingerprint density at radius 1 is 1.00 bits per heavy atom. The van der Waals surface area contributed by atoms with Crippen LogP contribution in [0.4, 0.5) is 11.5 Å². The number of nitrogen functional groups attached to an aromatic ring is 1. The molecule has 0 fully saturated rings. The lowest BCUT2D eigenvalue weighted by molar-refractivity contribution is -0.384. The number of nitro groups is 1. The van der Waals surface area contributed by atoms with Crippen molar-refractivity contribution in [2.45, 2.75) is 0 Å². The molecular weight excluding hydrogens is 452 g/mol. The second-order valence-corrected chi connectivity index (χ2v) is 8.17. The van der Waals surface area contributed by atoms with Crippen molar-refractivity contribution in [1.29, 1.82) is 10.5 Å². The molecule has 0 saturated heterocycles. The minimum absolute atomic E-state index is 0.0133. The van der Waals surface area contributed by atoms with Crippen molar-refractivity contribution in [1.82, 2.24) is 9.38 Å². The van der Waals surface area contributed by atoms with Crippen LogP contribution < -0.4 is 11.3 Å². The lowest BCUT2D eigenvalue weighted by Crippen LogP contribution is -2.15. The zero-order valence-electron chi connectivity index (χ0n) is 17.2. The Balaban J connectivity index is 1.90. The van der Waals surface area contributed by atoms with Gasteiger partial charge in [-0.25, -0.2) is 0 Å². The van der Waals surface area contributed by atoms with Gasteiger partial charge in [0.2, 0.25) is 0 Å². The Morgan fingerprint density at radius 2 is 1.68 bits per heavy atom. The average Bonchev–Trinajstić information content (AvgIpc) is 3.30. The third kappa shape index (κ3) is 2.98. The Hall–Kier alpha value is -5.06. The van der Waals surface area contributed by atoms with Crippen LogP contribution in [-0.2, 0) is 0 Å². The molecule has 2 aromatic carbocycles. The molecule has 0 aliphatic heterocycles. The molecule has 10 heteroatoms. The number of nitrogens with zero attached hydrogens (tertiary/aromatic N) is 5. The first-order chi connectivity index (χ1) is 16.5. The van der Waals surface area contributed by atoms with Crippen LogP contribution in [0.3, 0.4) is 0 Å². The highest BCUT2D eigenvalue weighted by atomic mass is 32.1. The molecule has 0 atom stereocenters. The molecule has 2 N–H and O–H groups in total. The van der Waals surface area contributed by atoms with Gasteiger partial charge in [-0.3, -0.25) is 19.3 Å². The van der Waals surface area contributed by atoms with E-state index >= 15 is 0 Å². The Bertz CT molecular complexity index is 1780. The van der Waals surface area contributed by atoms with E-state index in [1.165, 1.54) is 40.0 Å². The normalized spacial score (nSPS) is 10.8. The Kier molecular flexibility index (Phi) is 4.79. The molecule has 3 aromatic heterocycles. The highest BCUT2D eigenvalue weighted by Gasteiger charge is 2.24. The minimum Gasteiger partial charge on any atom is -0.384 e. The van der Waals surface area contributed by atoms with Crippen molar-refractivity contribution in [2.24, 2.45) is 0 Å². The summed E-state index contributed by atoms with van der Waals surface area (Å²) in [6, 6.07) is 18.8. The molecule has 0 aliphatic rings. The second-order valence-electron chi connectivity index (χ2n) is 7.31. The second kappa shape index (κ2) is 7.81. The summed E-state index contributed by atoms with van der Waals surface area (Å²) in [5.41, 5.74) is 7.83. The van der Waals surface area contributed by atoms with Gasteiger partial charge in [-0.15, -0.1) is 11.3 Å². The number of non-ortho nitro benzene ring substituents is 1. The molecule has 0 unspecified atom stereocenters. The average molecular weight is 464 g/mol. The highest BCUT2D eigenvalue weighted by Crippen LogP contribution is 2.38. The SMILES string of the molecule is N#Cc1c(-c2ccc([N+](=O)[O-])cc2)c(C#N)c2nc(=O)c3c(-c4ccccc4)csc3n2c1N. The number of anilines is 1. The molecule has 0 radical (unpaired) electrons. The van der Waals surface area contributed by atoms with E-state index in [0.717, 1.165) is 5.56 Å². The predicted octanol–water partition coefficient (Wildman–Crippen LogP) is 4.48. The van der Waals surface area contributed by atoms with Crippen LogP contribution in [0, 0.1) is 32.8 Å². The van der Waals surface area contributed by atoms with Gasteiger partial charge in [0.25, 0.3) is 11.2 Å². The first-order valence-corrected chi connectivity index (χ1v) is 10.7. The molecule has 0 bridgehead atoms. The Morgan fingerprint density at radius 3 is 2.29 bits per heavy atom. The van der Waals surface area contributed by atoms with Crippen molar-refractivity contribution in [3.63, 3.8) is 0 Å². The molecule has 5 aromatic rings. The molecule has 0 aliphatic carbocycles. The number of nitro benzene ring substituents is 1. The van der Waals surface area contributed by atoms with E-state index in [9.17, 15) is 25.4 Å². The summed E-state index contributed by atoms with van der Waals surface area (Å²) in [5.74, 6) is 0.0174. The summed E-state index contributed by atoms with van der Waals surface area (Å²) in [5, 5.41) is 33.2. The zero-order valence-corrected chi connectivity index (χ0v) is 18.0. The van der Waals surface area contributed by atoms with E-state index in [-0.39, 0.29) is 33.8 Å². The number of hydrogen-bond acceptors (Lipinski definition) is 8. The van der Waals surface area contributed by atoms with Crippen molar-refractivity contribution < 1.29 is 4.92 Å². The molecule has 0 saturated carbocycles. The molecule has 3 heterocycles. The van der Waals surface area contributed by atoms with Gasteiger partial charge in [-0.2, -0.15) is 15.5 Å². The van der Waals surface area contributed by atoms with Crippen molar-refractivity contribution in [3.05, 3.63) is 91.6 Å². The van der Waals surface area contributed by atoms with E-state index in [1.807, 2.05) is 41.8 Å². The maximum absolute atomic E-state index is 13.1. The molecule has 9 nitrogen and oxygen atoms in total. The van der Waals surface area contributed by atoms with Crippen LogP contribution in [0.1, 0.15) is 11.1 Å². The van der Waals surface area contributed by atoms with E-state index in [4.69, 9.17) is 5.73 Å². The summed E-state index contributed by atoms with van der Waals surface area (Å²) >= 11 is 1.26. The van der Waals surface area contributed by atoms with Crippen molar-refractivity contribution in [2.75, 3.05) is 5.73 Å².